The molecule has 4 rings (SSSR count). The van der Waals surface area contributed by atoms with Crippen LogP contribution in [0, 0.1) is 0 Å². The average molecular weight is 393 g/mol. The van der Waals surface area contributed by atoms with Gasteiger partial charge < -0.3 is 19.8 Å². The number of ether oxygens (including phenoxy) is 1. The van der Waals surface area contributed by atoms with Gasteiger partial charge in [0.2, 0.25) is 5.60 Å². The van der Waals surface area contributed by atoms with E-state index in [-0.39, 0.29) is 11.8 Å². The first-order chi connectivity index (χ1) is 14.0. The molecule has 1 N–H and O–H groups in total. The van der Waals surface area contributed by atoms with Crippen LogP contribution in [0.5, 0.6) is 0 Å². The van der Waals surface area contributed by atoms with E-state index in [1.165, 1.54) is 0 Å². The van der Waals surface area contributed by atoms with Crippen LogP contribution in [0.2, 0.25) is 0 Å². The molecule has 0 unspecified atom stereocenters. The van der Waals surface area contributed by atoms with Gasteiger partial charge in [-0.15, -0.1) is 0 Å². The fraction of sp³-hybridized carbons (Fsp3) is 0.318. The zero-order valence-corrected chi connectivity index (χ0v) is 16.3. The van der Waals surface area contributed by atoms with Gasteiger partial charge in [0.1, 0.15) is 0 Å². The number of morpholine rings is 1. The molecule has 1 fully saturated rings. The van der Waals surface area contributed by atoms with Crippen molar-refractivity contribution in [3.05, 3.63) is 65.7 Å². The maximum atomic E-state index is 12.9. The van der Waals surface area contributed by atoms with Gasteiger partial charge in [0.05, 0.1) is 18.9 Å². The molecule has 0 spiro atoms. The van der Waals surface area contributed by atoms with E-state index in [2.05, 4.69) is 10.5 Å². The van der Waals surface area contributed by atoms with Gasteiger partial charge in [-0.2, -0.15) is 0 Å². The van der Waals surface area contributed by atoms with E-state index in [0.717, 1.165) is 11.3 Å². The van der Waals surface area contributed by atoms with Crippen LogP contribution < -0.4 is 5.32 Å². The van der Waals surface area contributed by atoms with Crippen LogP contribution in [0.25, 0.3) is 0 Å². The highest BCUT2D eigenvalue weighted by molar-refractivity contribution is 6.08. The second kappa shape index (κ2) is 8.05. The largest absolute Gasteiger partial charge is 0.379 e. The third-order valence-corrected chi connectivity index (χ3v) is 5.12. The number of oxime groups is 1. The molecule has 0 radical (unpaired) electrons. The van der Waals surface area contributed by atoms with Crippen LogP contribution in [0.15, 0.2) is 59.8 Å². The lowest BCUT2D eigenvalue weighted by Crippen LogP contribution is -2.41. The summed E-state index contributed by atoms with van der Waals surface area (Å²) in [5, 5.41) is 6.97. The Morgan fingerprint density at radius 1 is 1.07 bits per heavy atom. The molecule has 7 nitrogen and oxygen atoms in total. The van der Waals surface area contributed by atoms with Crippen LogP contribution in [-0.2, 0) is 14.4 Å². The van der Waals surface area contributed by atoms with Crippen molar-refractivity contribution in [3.63, 3.8) is 0 Å². The molecule has 2 aromatic rings. The van der Waals surface area contributed by atoms with Crippen molar-refractivity contribution in [2.45, 2.75) is 18.9 Å². The van der Waals surface area contributed by atoms with E-state index < -0.39 is 5.60 Å². The highest BCUT2D eigenvalue weighted by Gasteiger charge is 2.42. The molecule has 2 aliphatic rings. The molecule has 2 amide bonds. The van der Waals surface area contributed by atoms with Crippen LogP contribution >= 0.6 is 0 Å². The normalized spacial score (nSPS) is 21.3. The van der Waals surface area contributed by atoms with E-state index >= 15 is 0 Å². The van der Waals surface area contributed by atoms with Gasteiger partial charge in [0, 0.05) is 30.8 Å². The van der Waals surface area contributed by atoms with Crippen LogP contribution in [-0.4, -0.2) is 54.3 Å². The highest BCUT2D eigenvalue weighted by Crippen LogP contribution is 2.28. The van der Waals surface area contributed by atoms with Crippen molar-refractivity contribution >= 4 is 23.2 Å². The van der Waals surface area contributed by atoms with E-state index in [1.807, 2.05) is 30.3 Å². The molecule has 2 aromatic carbocycles. The number of carbonyl (C=O) groups is 2. The third-order valence-electron chi connectivity index (χ3n) is 5.12. The minimum Gasteiger partial charge on any atom is -0.379 e. The van der Waals surface area contributed by atoms with Gasteiger partial charge in [-0.3, -0.25) is 9.59 Å². The summed E-state index contributed by atoms with van der Waals surface area (Å²) in [7, 11) is 0. The Morgan fingerprint density at radius 3 is 2.59 bits per heavy atom. The Balaban J connectivity index is 1.43. The number of hydrogen-bond acceptors (Lipinski definition) is 5. The number of anilines is 1. The summed E-state index contributed by atoms with van der Waals surface area (Å²) in [4.78, 5) is 32.8. The molecular weight excluding hydrogens is 370 g/mol. The minimum atomic E-state index is -1.10. The Bertz CT molecular complexity index is 938. The molecule has 1 atom stereocenters. The van der Waals surface area contributed by atoms with Gasteiger partial charge in [-0.1, -0.05) is 41.6 Å². The third kappa shape index (κ3) is 4.14. The standard InChI is InChI=1S/C22H23N3O4/c1-22(15-19(24-29-22)16-6-3-2-4-7-16)21(27)23-18-9-5-8-17(14-18)20(26)25-10-12-28-13-11-25/h2-9,14H,10-13,15H2,1H3,(H,23,27)/t22-/m1/s1. The fourth-order valence-electron chi connectivity index (χ4n) is 3.39. The topological polar surface area (TPSA) is 80.2 Å². The quantitative estimate of drug-likeness (QED) is 0.866. The Morgan fingerprint density at radius 2 is 1.83 bits per heavy atom. The Labute approximate surface area is 169 Å². The number of carbonyl (C=O) groups excluding carboxylic acids is 2. The molecule has 2 heterocycles. The number of nitrogens with zero attached hydrogens (tertiary/aromatic N) is 2. The monoisotopic (exact) mass is 393 g/mol. The van der Waals surface area contributed by atoms with Crippen LogP contribution in [0.3, 0.4) is 0 Å². The van der Waals surface area contributed by atoms with Gasteiger partial charge in [-0.25, -0.2) is 0 Å². The van der Waals surface area contributed by atoms with E-state index in [4.69, 9.17) is 9.57 Å². The molecule has 0 bridgehead atoms. The predicted octanol–water partition coefficient (Wildman–Crippen LogP) is 2.68. The van der Waals surface area contributed by atoms with Gasteiger partial charge in [-0.05, 0) is 30.7 Å². The lowest BCUT2D eigenvalue weighted by atomic mass is 9.95. The zero-order chi connectivity index (χ0) is 20.3. The number of rotatable bonds is 4. The first-order valence-corrected chi connectivity index (χ1v) is 9.64. The molecule has 0 saturated carbocycles. The summed E-state index contributed by atoms with van der Waals surface area (Å²) < 4.78 is 5.30. The second-order valence-electron chi connectivity index (χ2n) is 7.34. The zero-order valence-electron chi connectivity index (χ0n) is 16.3. The van der Waals surface area contributed by atoms with Crippen molar-refractivity contribution in [2.24, 2.45) is 5.16 Å². The van der Waals surface area contributed by atoms with Crippen LogP contribution in [0.1, 0.15) is 29.3 Å². The SMILES string of the molecule is C[C@]1(C(=O)Nc2cccc(C(=O)N3CCOCC3)c2)CC(c2ccccc2)=NO1. The molecule has 1 saturated heterocycles. The molecule has 29 heavy (non-hydrogen) atoms. The Kier molecular flexibility index (Phi) is 5.31. The maximum absolute atomic E-state index is 12.9. The number of nitrogens with one attached hydrogen (secondary N) is 1. The summed E-state index contributed by atoms with van der Waals surface area (Å²) in [6.07, 6.45) is 0.370. The van der Waals surface area contributed by atoms with Gasteiger partial charge in [0.25, 0.3) is 11.8 Å². The van der Waals surface area contributed by atoms with Crippen molar-refractivity contribution in [2.75, 3.05) is 31.6 Å². The Hall–Kier alpha value is -3.19. The van der Waals surface area contributed by atoms with Gasteiger partial charge >= 0.3 is 0 Å². The molecule has 2 aliphatic heterocycles. The van der Waals surface area contributed by atoms with E-state index in [9.17, 15) is 9.59 Å². The minimum absolute atomic E-state index is 0.0672. The summed E-state index contributed by atoms with van der Waals surface area (Å²) >= 11 is 0. The second-order valence-corrected chi connectivity index (χ2v) is 7.34. The lowest BCUT2D eigenvalue weighted by Gasteiger charge is -2.27. The summed E-state index contributed by atoms with van der Waals surface area (Å²) in [5.74, 6) is -0.370. The summed E-state index contributed by atoms with van der Waals surface area (Å²) in [6.45, 7) is 3.94. The number of benzene rings is 2. The average Bonchev–Trinajstić information content (AvgIpc) is 3.18. The number of amides is 2. The van der Waals surface area contributed by atoms with Crippen molar-refractivity contribution in [3.8, 4) is 0 Å². The van der Waals surface area contributed by atoms with E-state index in [1.54, 1.807) is 36.1 Å². The van der Waals surface area contributed by atoms with Gasteiger partial charge in [0.15, 0.2) is 0 Å². The van der Waals surface area contributed by atoms with Crippen molar-refractivity contribution in [1.82, 2.24) is 4.90 Å². The predicted molar refractivity (Wildman–Crippen MR) is 109 cm³/mol. The molecule has 7 heteroatoms. The molecule has 150 valence electrons. The smallest absolute Gasteiger partial charge is 0.271 e. The lowest BCUT2D eigenvalue weighted by molar-refractivity contribution is -0.135. The molecule has 0 aromatic heterocycles. The highest BCUT2D eigenvalue weighted by atomic mass is 16.7. The van der Waals surface area contributed by atoms with Crippen LogP contribution in [0.4, 0.5) is 5.69 Å². The van der Waals surface area contributed by atoms with Crippen molar-refractivity contribution in [1.29, 1.82) is 0 Å². The maximum Gasteiger partial charge on any atom is 0.271 e. The van der Waals surface area contributed by atoms with E-state index in [0.29, 0.717) is 44.0 Å². The molecule has 0 aliphatic carbocycles. The van der Waals surface area contributed by atoms with Crippen molar-refractivity contribution < 1.29 is 19.2 Å². The molecular formula is C22H23N3O4. The summed E-state index contributed by atoms with van der Waals surface area (Å²) in [5.41, 5.74) is 1.65. The first kappa shape index (κ1) is 19.1. The first-order valence-electron chi connectivity index (χ1n) is 9.64. The summed E-state index contributed by atoms with van der Waals surface area (Å²) in [6, 6.07) is 16.6. The fourth-order valence-corrected chi connectivity index (χ4v) is 3.39. The number of hydrogen-bond donors (Lipinski definition) is 1.